The number of amides is 2. The van der Waals surface area contributed by atoms with Crippen LogP contribution in [0.15, 0.2) is 66.7 Å². The number of anilines is 2. The minimum atomic E-state index is -0.189. The zero-order chi connectivity index (χ0) is 26.2. The summed E-state index contributed by atoms with van der Waals surface area (Å²) in [5.74, 6) is -0.102. The van der Waals surface area contributed by atoms with Crippen molar-refractivity contribution in [2.75, 3.05) is 57.8 Å². The Bertz CT molecular complexity index is 1220. The van der Waals surface area contributed by atoms with E-state index in [9.17, 15) is 9.59 Å². The quantitative estimate of drug-likeness (QED) is 0.416. The van der Waals surface area contributed by atoms with Crippen LogP contribution < -0.4 is 10.2 Å². The summed E-state index contributed by atoms with van der Waals surface area (Å²) in [6.45, 7) is 3.39. The normalized spacial score (nSPS) is 13.1. The van der Waals surface area contributed by atoms with Gasteiger partial charge in [-0.2, -0.15) is 0 Å². The highest BCUT2D eigenvalue weighted by molar-refractivity contribution is 6.05. The fraction of sp³-hybridized carbons (Fsp3) is 0.333. The first-order valence-corrected chi connectivity index (χ1v) is 12.6. The molecule has 0 aromatic heterocycles. The van der Waals surface area contributed by atoms with Crippen molar-refractivity contribution in [3.05, 3.63) is 83.4 Å². The summed E-state index contributed by atoms with van der Waals surface area (Å²) in [4.78, 5) is 29.4. The van der Waals surface area contributed by atoms with E-state index in [1.54, 1.807) is 26.2 Å². The fourth-order valence-corrected chi connectivity index (χ4v) is 4.63. The van der Waals surface area contributed by atoms with Gasteiger partial charge >= 0.3 is 0 Å². The van der Waals surface area contributed by atoms with Gasteiger partial charge in [-0.25, -0.2) is 0 Å². The number of aryl methyl sites for hydroxylation is 1. The molecule has 2 amide bonds. The second-order valence-electron chi connectivity index (χ2n) is 9.25. The number of nitrogens with zero attached hydrogens (tertiary/aromatic N) is 2. The molecular formula is C30H35N3O4. The van der Waals surface area contributed by atoms with Crippen molar-refractivity contribution in [2.24, 2.45) is 0 Å². The predicted molar refractivity (Wildman–Crippen MR) is 147 cm³/mol. The first kappa shape index (κ1) is 26.5. The SMILES string of the molecule is COCCN(CCOC)Cc1cc(C(=O)Nc2ccc3c(c2)N(C)C(=O)CC3)ccc1-c1ccccc1. The second kappa shape index (κ2) is 12.6. The van der Waals surface area contributed by atoms with Crippen molar-refractivity contribution < 1.29 is 19.1 Å². The number of ether oxygens (including phenoxy) is 2. The lowest BCUT2D eigenvalue weighted by molar-refractivity contribution is -0.118. The van der Waals surface area contributed by atoms with Crippen LogP contribution in [0.25, 0.3) is 11.1 Å². The molecule has 0 saturated heterocycles. The largest absolute Gasteiger partial charge is 0.383 e. The van der Waals surface area contributed by atoms with Gasteiger partial charge in [0.25, 0.3) is 5.91 Å². The molecule has 0 atom stereocenters. The molecule has 37 heavy (non-hydrogen) atoms. The summed E-state index contributed by atoms with van der Waals surface area (Å²) in [5, 5.41) is 3.02. The molecule has 3 aromatic rings. The van der Waals surface area contributed by atoms with Gasteiger partial charge < -0.3 is 19.7 Å². The third kappa shape index (κ3) is 6.63. The smallest absolute Gasteiger partial charge is 0.255 e. The first-order valence-electron chi connectivity index (χ1n) is 12.6. The van der Waals surface area contributed by atoms with E-state index in [0.29, 0.717) is 37.4 Å². The number of fused-ring (bicyclic) bond motifs is 1. The van der Waals surface area contributed by atoms with Gasteiger partial charge in [-0.15, -0.1) is 0 Å². The van der Waals surface area contributed by atoms with Crippen molar-refractivity contribution in [3.8, 4) is 11.1 Å². The monoisotopic (exact) mass is 501 g/mol. The third-order valence-electron chi connectivity index (χ3n) is 6.76. The molecule has 7 heteroatoms. The van der Waals surface area contributed by atoms with Crippen LogP contribution in [0.4, 0.5) is 11.4 Å². The highest BCUT2D eigenvalue weighted by Crippen LogP contribution is 2.30. The lowest BCUT2D eigenvalue weighted by atomic mass is 9.96. The van der Waals surface area contributed by atoms with Crippen molar-refractivity contribution in [1.82, 2.24) is 4.90 Å². The number of carbonyl (C=O) groups excluding carboxylic acids is 2. The number of hydrogen-bond acceptors (Lipinski definition) is 5. The molecule has 0 bridgehead atoms. The highest BCUT2D eigenvalue weighted by atomic mass is 16.5. The van der Waals surface area contributed by atoms with E-state index in [4.69, 9.17) is 9.47 Å². The Labute approximate surface area is 219 Å². The lowest BCUT2D eigenvalue weighted by Crippen LogP contribution is -2.31. The molecule has 0 spiro atoms. The minimum Gasteiger partial charge on any atom is -0.383 e. The Morgan fingerprint density at radius 1 is 0.946 bits per heavy atom. The Hall–Kier alpha value is -3.52. The molecule has 1 heterocycles. The molecule has 7 nitrogen and oxygen atoms in total. The van der Waals surface area contributed by atoms with Crippen LogP contribution in [0.5, 0.6) is 0 Å². The molecule has 1 N–H and O–H groups in total. The van der Waals surface area contributed by atoms with E-state index in [2.05, 4.69) is 22.3 Å². The number of methoxy groups -OCH3 is 2. The number of nitrogens with one attached hydrogen (secondary N) is 1. The van der Waals surface area contributed by atoms with Crippen LogP contribution in [0, 0.1) is 0 Å². The Balaban J connectivity index is 1.61. The van der Waals surface area contributed by atoms with Gasteiger partial charge in [0.2, 0.25) is 5.91 Å². The highest BCUT2D eigenvalue weighted by Gasteiger charge is 2.21. The number of rotatable bonds is 11. The van der Waals surface area contributed by atoms with Crippen LogP contribution in [-0.2, 0) is 27.2 Å². The van der Waals surface area contributed by atoms with E-state index < -0.39 is 0 Å². The molecule has 4 rings (SSSR count). The zero-order valence-electron chi connectivity index (χ0n) is 21.8. The predicted octanol–water partition coefficient (Wildman–Crippen LogP) is 4.61. The molecule has 0 fully saturated rings. The van der Waals surface area contributed by atoms with Crippen LogP contribution >= 0.6 is 0 Å². The minimum absolute atomic E-state index is 0.0867. The van der Waals surface area contributed by atoms with Crippen molar-refractivity contribution in [3.63, 3.8) is 0 Å². The first-order chi connectivity index (χ1) is 18.0. The number of carbonyl (C=O) groups is 2. The van der Waals surface area contributed by atoms with Crippen LogP contribution in [-0.4, -0.2) is 64.3 Å². The maximum absolute atomic E-state index is 13.3. The van der Waals surface area contributed by atoms with Gasteiger partial charge in [-0.1, -0.05) is 42.5 Å². The van der Waals surface area contributed by atoms with Gasteiger partial charge in [0.15, 0.2) is 0 Å². The maximum atomic E-state index is 13.3. The third-order valence-corrected chi connectivity index (χ3v) is 6.76. The fourth-order valence-electron chi connectivity index (χ4n) is 4.63. The van der Waals surface area contributed by atoms with Crippen molar-refractivity contribution in [2.45, 2.75) is 19.4 Å². The van der Waals surface area contributed by atoms with Gasteiger partial charge in [-0.05, 0) is 52.9 Å². The second-order valence-corrected chi connectivity index (χ2v) is 9.25. The average Bonchev–Trinajstić information content (AvgIpc) is 2.93. The Morgan fingerprint density at radius 3 is 2.38 bits per heavy atom. The molecule has 3 aromatic carbocycles. The van der Waals surface area contributed by atoms with Gasteiger partial charge in [0.05, 0.1) is 13.2 Å². The van der Waals surface area contributed by atoms with E-state index in [1.165, 1.54) is 0 Å². The summed E-state index contributed by atoms with van der Waals surface area (Å²) in [6.07, 6.45) is 1.23. The van der Waals surface area contributed by atoms with Crippen molar-refractivity contribution in [1.29, 1.82) is 0 Å². The van der Waals surface area contributed by atoms with E-state index in [1.807, 2.05) is 54.6 Å². The number of benzene rings is 3. The molecule has 0 aliphatic carbocycles. The summed E-state index contributed by atoms with van der Waals surface area (Å²) in [5.41, 5.74) is 6.46. The topological polar surface area (TPSA) is 71.1 Å². The van der Waals surface area contributed by atoms with Gasteiger partial charge in [0, 0.05) is 64.3 Å². The summed E-state index contributed by atoms with van der Waals surface area (Å²) < 4.78 is 10.6. The lowest BCUT2D eigenvalue weighted by Gasteiger charge is -2.26. The van der Waals surface area contributed by atoms with Crippen LogP contribution in [0.1, 0.15) is 27.9 Å². The molecule has 0 saturated carbocycles. The molecule has 0 unspecified atom stereocenters. The number of hydrogen-bond donors (Lipinski definition) is 1. The van der Waals surface area contributed by atoms with E-state index >= 15 is 0 Å². The summed E-state index contributed by atoms with van der Waals surface area (Å²) in [7, 11) is 5.17. The standard InChI is InChI=1S/C30H35N3O4/c1-32-28-20-26(12-9-23(28)11-14-29(32)34)31-30(35)24-10-13-27(22-7-5-4-6-8-22)25(19-24)21-33(15-17-36-2)16-18-37-3/h4-10,12-13,19-20H,11,14-18,21H2,1-3H3,(H,31,35). The Kier molecular flexibility index (Phi) is 9.06. The van der Waals surface area contributed by atoms with Crippen molar-refractivity contribution >= 4 is 23.2 Å². The maximum Gasteiger partial charge on any atom is 0.255 e. The average molecular weight is 502 g/mol. The van der Waals surface area contributed by atoms with Crippen LogP contribution in [0.3, 0.4) is 0 Å². The molecule has 0 radical (unpaired) electrons. The summed E-state index contributed by atoms with van der Waals surface area (Å²) in [6, 6.07) is 21.8. The molecule has 194 valence electrons. The van der Waals surface area contributed by atoms with Crippen LogP contribution in [0.2, 0.25) is 0 Å². The molecule has 1 aliphatic rings. The molecular weight excluding hydrogens is 466 g/mol. The van der Waals surface area contributed by atoms with Gasteiger partial charge in [-0.3, -0.25) is 14.5 Å². The summed E-state index contributed by atoms with van der Waals surface area (Å²) >= 11 is 0. The van der Waals surface area contributed by atoms with E-state index in [-0.39, 0.29) is 11.8 Å². The van der Waals surface area contributed by atoms with Gasteiger partial charge in [0.1, 0.15) is 0 Å². The van der Waals surface area contributed by atoms with E-state index in [0.717, 1.165) is 47.5 Å². The molecule has 1 aliphatic heterocycles. The zero-order valence-corrected chi connectivity index (χ0v) is 21.8. The Morgan fingerprint density at radius 2 is 1.68 bits per heavy atom.